The fraction of sp³-hybridized carbons (Fsp3) is 1.00. The summed E-state index contributed by atoms with van der Waals surface area (Å²) < 4.78 is 0. The summed E-state index contributed by atoms with van der Waals surface area (Å²) in [7, 11) is 0. The van der Waals surface area contributed by atoms with Crippen molar-refractivity contribution in [1.82, 2.24) is 73.5 Å². The number of nitrogens with two attached hydrogens (primary N) is 16. The maximum absolute atomic E-state index is 6.10. The van der Waals surface area contributed by atoms with Crippen molar-refractivity contribution >= 4 is 0 Å². The van der Waals surface area contributed by atoms with E-state index in [1.165, 1.54) is 51.5 Å². The molecule has 0 aliphatic carbocycles. The highest BCUT2D eigenvalue weighted by atomic mass is 15.2. The van der Waals surface area contributed by atoms with Crippen molar-refractivity contribution in [3.05, 3.63) is 0 Å². The van der Waals surface area contributed by atoms with Crippen molar-refractivity contribution in [3.8, 4) is 0 Å². The Labute approximate surface area is 792 Å². The van der Waals surface area contributed by atoms with Crippen molar-refractivity contribution in [2.75, 3.05) is 399 Å². The first-order valence-electron chi connectivity index (χ1n) is 54.0. The summed E-state index contributed by atoms with van der Waals surface area (Å²) in [5.74, 6) is 0. The van der Waals surface area contributed by atoms with Gasteiger partial charge in [0.05, 0.1) is 0 Å². The van der Waals surface area contributed by atoms with E-state index in [1.807, 2.05) is 0 Å². The van der Waals surface area contributed by atoms with Gasteiger partial charge in [0.15, 0.2) is 0 Å². The van der Waals surface area contributed by atoms with Gasteiger partial charge < -0.3 is 165 Å². The van der Waals surface area contributed by atoms with Crippen LogP contribution >= 0.6 is 0 Å². The summed E-state index contributed by atoms with van der Waals surface area (Å²) >= 11 is 0. The average Bonchev–Trinajstić information content (AvgIpc) is 0.929. The summed E-state index contributed by atoms with van der Waals surface area (Å²) in [5, 5.41) is 0. The largest absolute Gasteiger partial charge is 0.330 e. The number of unbranched alkanes of at least 4 members (excludes halogenated alkanes) is 4. The molecule has 0 radical (unpaired) electrons. The lowest BCUT2D eigenvalue weighted by molar-refractivity contribution is 0.169. The van der Waals surface area contributed by atoms with Gasteiger partial charge in [0.25, 0.3) is 0 Å². The Balaban J connectivity index is 7.90. The van der Waals surface area contributed by atoms with E-state index >= 15 is 0 Å². The van der Waals surface area contributed by atoms with Crippen LogP contribution in [0.3, 0.4) is 0 Å². The zero-order valence-electron chi connectivity index (χ0n) is 84.8. The molecule has 0 aliphatic heterocycles. The van der Waals surface area contributed by atoms with Crippen molar-refractivity contribution < 1.29 is 0 Å². The monoisotopic (exact) mass is 1830 g/mol. The van der Waals surface area contributed by atoms with Crippen LogP contribution in [0.4, 0.5) is 0 Å². The molecular formula is C97H227N31. The minimum atomic E-state index is 0.721. The highest BCUT2D eigenvalue weighted by molar-refractivity contribution is 4.77. The Morgan fingerprint density at radius 2 is 0.156 bits per heavy atom. The van der Waals surface area contributed by atoms with Gasteiger partial charge in [0.1, 0.15) is 0 Å². The molecular weight excluding hydrogens is 1600 g/mol. The van der Waals surface area contributed by atoms with Crippen LogP contribution in [0.1, 0.15) is 232 Å². The molecule has 0 saturated heterocycles. The fourth-order valence-corrected chi connectivity index (χ4v) is 18.3. The molecule has 0 aliphatic rings. The summed E-state index contributed by atoms with van der Waals surface area (Å²) in [5.41, 5.74) is 97.6. The Morgan fingerprint density at radius 1 is 0.0859 bits per heavy atom. The Bertz CT molecular complexity index is 1690. The summed E-state index contributed by atoms with van der Waals surface area (Å²) in [6, 6.07) is 0. The van der Waals surface area contributed by atoms with Gasteiger partial charge in [-0.3, -0.25) is 0 Å². The van der Waals surface area contributed by atoms with Crippen molar-refractivity contribution in [2.24, 2.45) is 91.7 Å². The molecule has 0 unspecified atom stereocenters. The molecule has 0 bridgehead atoms. The third-order valence-corrected chi connectivity index (χ3v) is 25.7. The minimum Gasteiger partial charge on any atom is -0.330 e. The molecule has 0 aromatic rings. The zero-order valence-corrected chi connectivity index (χ0v) is 84.8. The van der Waals surface area contributed by atoms with E-state index in [1.54, 1.807) is 0 Å². The Morgan fingerprint density at radius 3 is 0.234 bits per heavy atom. The number of nitrogens with zero attached hydrogens (tertiary/aromatic N) is 15. The first-order chi connectivity index (χ1) is 62.9. The second kappa shape index (κ2) is 100. The van der Waals surface area contributed by atoms with E-state index in [0.717, 1.165) is 572 Å². The van der Waals surface area contributed by atoms with E-state index in [-0.39, 0.29) is 0 Å². The summed E-state index contributed by atoms with van der Waals surface area (Å²) in [4.78, 5) is 40.9. The zero-order chi connectivity index (χ0) is 93.5. The number of rotatable bonds is 110. The SMILES string of the molecule is CCCCCCCN(CCCN(CCCN(CCCN(CCCN)CCCN)CCCN(CCCN)CCCN)CCCN(CCCN(CCCN)CCCN)CCCN(CCCN)CCCN)CCCN(CCCN(CCCN(CCCN)CCCN)CCCN(CCCN)CCCN)CCCN(CCCN(CCCN)CCCN)CCCN(CCCN)CCCN. The first kappa shape index (κ1) is 127. The second-order valence-corrected chi connectivity index (χ2v) is 37.3. The minimum absolute atomic E-state index is 0.721. The highest BCUT2D eigenvalue weighted by Gasteiger charge is 2.20. The van der Waals surface area contributed by atoms with Crippen molar-refractivity contribution in [2.45, 2.75) is 232 Å². The molecule has 0 fully saturated rings. The molecule has 0 aromatic carbocycles. The maximum atomic E-state index is 6.10. The van der Waals surface area contributed by atoms with E-state index in [0.29, 0.717) is 0 Å². The summed E-state index contributed by atoms with van der Waals surface area (Å²) in [6.07, 6.45) is 39.0. The third kappa shape index (κ3) is 80.8. The van der Waals surface area contributed by atoms with Gasteiger partial charge in [-0.25, -0.2) is 0 Å². The van der Waals surface area contributed by atoms with Crippen LogP contribution in [-0.2, 0) is 0 Å². The van der Waals surface area contributed by atoms with Gasteiger partial charge in [-0.15, -0.1) is 0 Å². The van der Waals surface area contributed by atoms with Crippen LogP contribution in [0.15, 0.2) is 0 Å². The number of hydrogen-bond donors (Lipinski definition) is 16. The van der Waals surface area contributed by atoms with Crippen LogP contribution in [0, 0.1) is 0 Å². The molecule has 31 nitrogen and oxygen atoms in total. The highest BCUT2D eigenvalue weighted by Crippen LogP contribution is 2.14. The lowest BCUT2D eigenvalue weighted by atomic mass is 10.1. The molecule has 0 saturated carbocycles. The Hall–Kier alpha value is -1.24. The molecule has 0 atom stereocenters. The van der Waals surface area contributed by atoms with Gasteiger partial charge in [0.2, 0.25) is 0 Å². The number of hydrogen-bond acceptors (Lipinski definition) is 31. The van der Waals surface area contributed by atoms with Gasteiger partial charge >= 0.3 is 0 Å². The van der Waals surface area contributed by atoms with Crippen molar-refractivity contribution in [3.63, 3.8) is 0 Å². The van der Waals surface area contributed by atoms with Crippen molar-refractivity contribution in [1.29, 1.82) is 0 Å². The molecule has 128 heavy (non-hydrogen) atoms. The lowest BCUT2D eigenvalue weighted by Crippen LogP contribution is -2.39. The first-order valence-corrected chi connectivity index (χ1v) is 54.0. The lowest BCUT2D eigenvalue weighted by Gasteiger charge is -2.31. The maximum Gasteiger partial charge on any atom is -0.000653 e. The molecule has 0 spiro atoms. The van der Waals surface area contributed by atoms with E-state index in [9.17, 15) is 0 Å². The smallest absolute Gasteiger partial charge is 0.000653 e. The molecule has 0 heterocycles. The van der Waals surface area contributed by atoms with Gasteiger partial charge in [-0.05, 0) is 598 Å². The molecule has 32 N–H and O–H groups in total. The molecule has 31 heteroatoms. The van der Waals surface area contributed by atoms with Crippen LogP contribution < -0.4 is 91.7 Å². The quantitative estimate of drug-likeness (QED) is 0.0389. The van der Waals surface area contributed by atoms with Gasteiger partial charge in [-0.2, -0.15) is 0 Å². The van der Waals surface area contributed by atoms with Gasteiger partial charge in [-0.1, -0.05) is 32.6 Å². The molecule has 0 amide bonds. The van der Waals surface area contributed by atoms with Crippen LogP contribution in [0.2, 0.25) is 0 Å². The predicted octanol–water partition coefficient (Wildman–Crippen LogP) is 2.53. The molecule has 0 rings (SSSR count). The summed E-state index contributed by atoms with van der Waals surface area (Å²) in [6.45, 7) is 62.5. The molecule has 0 aromatic heterocycles. The topological polar surface area (TPSA) is 465 Å². The average molecular weight is 1830 g/mol. The normalized spacial score (nSPS) is 12.6. The van der Waals surface area contributed by atoms with Crippen LogP contribution in [0.5, 0.6) is 0 Å². The van der Waals surface area contributed by atoms with Crippen LogP contribution in [0.25, 0.3) is 0 Å². The fourth-order valence-electron chi connectivity index (χ4n) is 18.3. The standard InChI is InChI=1S/C97H227N31/c1-2-3-4-5-6-53-114(70-23-80-123(90-33-94-125(82-25-72-115(54-7-37-98)55-8-38-99)83-26-73-116(56-9-39-100)57-10-40-101)91-34-95-126(84-27-74-117(58-11-41-102)59-12-42-103)85-28-75-118(60-13-43-104)61-14-44-105)71-24-81-124(92-35-96-127(86-29-76-119(62-15-45-106)63-16-46-107)87-30-77-120(64-17-47-108)65-18-48-109)93-36-97-128(88-31-78-121(66-19-49-110)67-20-50-111)89-32-79-122(68-21-51-112)69-22-52-113/h2-113H2,1H3. The second-order valence-electron chi connectivity index (χ2n) is 37.3. The Kier molecular flexibility index (Phi) is 99.2. The van der Waals surface area contributed by atoms with Gasteiger partial charge in [0, 0.05) is 0 Å². The predicted molar refractivity (Wildman–Crippen MR) is 559 cm³/mol. The van der Waals surface area contributed by atoms with E-state index in [4.69, 9.17) is 91.7 Å². The van der Waals surface area contributed by atoms with Crippen LogP contribution in [-0.4, -0.2) is 473 Å². The molecule has 770 valence electrons. The van der Waals surface area contributed by atoms with E-state index < -0.39 is 0 Å². The van der Waals surface area contributed by atoms with E-state index in [2.05, 4.69) is 80.4 Å². The third-order valence-electron chi connectivity index (χ3n) is 25.7.